The summed E-state index contributed by atoms with van der Waals surface area (Å²) < 4.78 is 21.6. The molecule has 240 valence electrons. The number of nitrogens with one attached hydrogen (secondary N) is 2. The van der Waals surface area contributed by atoms with Crippen molar-refractivity contribution in [3.05, 3.63) is 59.7 Å². The molecule has 1 aliphatic carbocycles. The van der Waals surface area contributed by atoms with Crippen molar-refractivity contribution in [2.45, 2.75) is 64.9 Å². The zero-order valence-corrected chi connectivity index (χ0v) is 26.3. The van der Waals surface area contributed by atoms with Gasteiger partial charge in [0.2, 0.25) is 5.91 Å². The van der Waals surface area contributed by atoms with Crippen LogP contribution in [0.2, 0.25) is 0 Å². The number of benzene rings is 2. The van der Waals surface area contributed by atoms with Crippen LogP contribution in [0.5, 0.6) is 0 Å². The first-order chi connectivity index (χ1) is 21.0. The second kappa shape index (κ2) is 17.5. The topological polar surface area (TPSA) is 129 Å². The molecule has 2 amide bonds. The molecule has 1 atom stereocenters. The van der Waals surface area contributed by atoms with Gasteiger partial charge >= 0.3 is 12.1 Å². The summed E-state index contributed by atoms with van der Waals surface area (Å²) in [4.78, 5) is 48.9. The van der Waals surface area contributed by atoms with Gasteiger partial charge in [-0.05, 0) is 62.8 Å². The summed E-state index contributed by atoms with van der Waals surface area (Å²) in [6.45, 7) is 8.61. The lowest BCUT2D eigenvalue weighted by molar-refractivity contribution is -0.147. The summed E-state index contributed by atoms with van der Waals surface area (Å²) in [6.07, 6.45) is 1.15. The van der Waals surface area contributed by atoms with Gasteiger partial charge in [-0.25, -0.2) is 4.79 Å². The molecule has 0 radical (unpaired) electrons. The maximum Gasteiger partial charge on any atom is 0.407 e. The van der Waals surface area contributed by atoms with Gasteiger partial charge in [0, 0.05) is 24.9 Å². The molecule has 0 bridgehead atoms. The number of carbonyl (C=O) groups excluding carboxylic acids is 4. The van der Waals surface area contributed by atoms with E-state index in [0.717, 1.165) is 22.3 Å². The minimum absolute atomic E-state index is 0.0466. The summed E-state index contributed by atoms with van der Waals surface area (Å²) in [6, 6.07) is 16.3. The fourth-order valence-corrected chi connectivity index (χ4v) is 5.05. The standard InChI is InChI=1S/C34H46N2O8/c1-24(37)22-42-20-19-41-18-17-35-32(39)25(11-9-10-16-36-33(40)44-34(2,3)4)21-31(38)43-23-30-28-14-7-5-12-26(28)27-13-6-8-15-29(27)30/h5-8,12-15,25,30H,9-11,16-23H2,1-4H3,(H,35,39)(H,36,40)/t25-/m1/s1. The van der Waals surface area contributed by atoms with E-state index in [-0.39, 0.29) is 57.0 Å². The van der Waals surface area contributed by atoms with E-state index in [4.69, 9.17) is 18.9 Å². The van der Waals surface area contributed by atoms with Gasteiger partial charge < -0.3 is 29.6 Å². The Balaban J connectivity index is 1.50. The third-order valence-corrected chi connectivity index (χ3v) is 7.03. The van der Waals surface area contributed by atoms with E-state index >= 15 is 0 Å². The summed E-state index contributed by atoms with van der Waals surface area (Å²) in [5.41, 5.74) is 3.96. The van der Waals surface area contributed by atoms with Gasteiger partial charge in [0.05, 0.1) is 26.2 Å². The number of fused-ring (bicyclic) bond motifs is 3. The molecule has 2 aromatic rings. The molecular formula is C34H46N2O8. The molecule has 10 heteroatoms. The summed E-state index contributed by atoms with van der Waals surface area (Å²) in [5.74, 6) is -1.40. The van der Waals surface area contributed by atoms with Crippen molar-refractivity contribution in [2.75, 3.05) is 46.1 Å². The van der Waals surface area contributed by atoms with E-state index in [1.807, 2.05) is 24.3 Å². The van der Waals surface area contributed by atoms with Gasteiger partial charge in [-0.15, -0.1) is 0 Å². The molecule has 0 spiro atoms. The molecule has 2 N–H and O–H groups in total. The first kappa shape index (κ1) is 34.7. The van der Waals surface area contributed by atoms with Gasteiger partial charge in [-0.3, -0.25) is 14.4 Å². The number of ketones is 1. The Morgan fingerprint density at radius 2 is 1.45 bits per heavy atom. The van der Waals surface area contributed by atoms with Crippen molar-refractivity contribution in [3.63, 3.8) is 0 Å². The normalized spacial score (nSPS) is 13.0. The molecule has 0 aliphatic heterocycles. The molecular weight excluding hydrogens is 564 g/mol. The van der Waals surface area contributed by atoms with E-state index in [1.165, 1.54) is 6.92 Å². The van der Waals surface area contributed by atoms with E-state index in [1.54, 1.807) is 20.8 Å². The predicted molar refractivity (Wildman–Crippen MR) is 166 cm³/mol. The number of hydrogen-bond acceptors (Lipinski definition) is 8. The monoisotopic (exact) mass is 610 g/mol. The molecule has 0 saturated heterocycles. The van der Waals surface area contributed by atoms with Crippen LogP contribution < -0.4 is 10.6 Å². The van der Waals surface area contributed by atoms with Crippen molar-refractivity contribution in [2.24, 2.45) is 5.92 Å². The van der Waals surface area contributed by atoms with Crippen LogP contribution in [0.15, 0.2) is 48.5 Å². The van der Waals surface area contributed by atoms with Crippen LogP contribution in [0.3, 0.4) is 0 Å². The number of amides is 2. The smallest absolute Gasteiger partial charge is 0.407 e. The molecule has 10 nitrogen and oxygen atoms in total. The maximum atomic E-state index is 13.1. The largest absolute Gasteiger partial charge is 0.465 e. The second-order valence-corrected chi connectivity index (χ2v) is 11.9. The van der Waals surface area contributed by atoms with Gasteiger partial charge in [0.25, 0.3) is 0 Å². The van der Waals surface area contributed by atoms with Crippen LogP contribution in [0.25, 0.3) is 11.1 Å². The highest BCUT2D eigenvalue weighted by Gasteiger charge is 2.30. The van der Waals surface area contributed by atoms with E-state index in [0.29, 0.717) is 32.4 Å². The van der Waals surface area contributed by atoms with Crippen molar-refractivity contribution < 1.29 is 38.1 Å². The molecule has 0 fully saturated rings. The molecule has 1 aliphatic rings. The predicted octanol–water partition coefficient (Wildman–Crippen LogP) is 4.78. The van der Waals surface area contributed by atoms with Crippen molar-refractivity contribution >= 4 is 23.8 Å². The number of alkyl carbamates (subject to hydrolysis) is 1. The Morgan fingerprint density at radius 3 is 2.09 bits per heavy atom. The van der Waals surface area contributed by atoms with Crippen LogP contribution in [0, 0.1) is 5.92 Å². The Kier molecular flexibility index (Phi) is 13.8. The number of esters is 1. The minimum Gasteiger partial charge on any atom is -0.465 e. The first-order valence-electron chi connectivity index (χ1n) is 15.3. The summed E-state index contributed by atoms with van der Waals surface area (Å²) >= 11 is 0. The number of unbranched alkanes of at least 4 members (excludes halogenated alkanes) is 1. The highest BCUT2D eigenvalue weighted by Crippen LogP contribution is 2.44. The Bertz CT molecular complexity index is 1210. The number of hydrogen-bond donors (Lipinski definition) is 2. The fraction of sp³-hybridized carbons (Fsp3) is 0.529. The van der Waals surface area contributed by atoms with Gasteiger partial charge in [-0.2, -0.15) is 0 Å². The van der Waals surface area contributed by atoms with Crippen LogP contribution in [-0.4, -0.2) is 75.5 Å². The molecule has 2 aromatic carbocycles. The van der Waals surface area contributed by atoms with E-state index in [2.05, 4.69) is 34.9 Å². The molecule has 0 saturated carbocycles. The number of rotatable bonds is 18. The van der Waals surface area contributed by atoms with Crippen molar-refractivity contribution in [3.8, 4) is 11.1 Å². The third kappa shape index (κ3) is 11.7. The number of carbonyl (C=O) groups is 4. The molecule has 44 heavy (non-hydrogen) atoms. The van der Waals surface area contributed by atoms with Crippen LogP contribution in [0.4, 0.5) is 4.79 Å². The average Bonchev–Trinajstić information content (AvgIpc) is 3.29. The van der Waals surface area contributed by atoms with Crippen molar-refractivity contribution in [1.29, 1.82) is 0 Å². The SMILES string of the molecule is CC(=O)COCCOCCNC(=O)[C@H](CCCCNC(=O)OC(C)(C)C)CC(=O)OCC1c2ccccc2-c2ccccc21. The minimum atomic E-state index is -0.592. The lowest BCUT2D eigenvalue weighted by Gasteiger charge is -2.20. The number of Topliss-reactive ketones (excluding diaryl/α,β-unsaturated/α-hetero) is 1. The first-order valence-corrected chi connectivity index (χ1v) is 15.3. The Hall–Kier alpha value is -3.76. The molecule has 0 heterocycles. The molecule has 0 unspecified atom stereocenters. The molecule has 3 rings (SSSR count). The quantitative estimate of drug-likeness (QED) is 0.182. The highest BCUT2D eigenvalue weighted by atomic mass is 16.6. The van der Waals surface area contributed by atoms with Crippen LogP contribution in [0.1, 0.15) is 70.4 Å². The Labute approximate surface area is 260 Å². The van der Waals surface area contributed by atoms with Crippen LogP contribution >= 0.6 is 0 Å². The van der Waals surface area contributed by atoms with E-state index in [9.17, 15) is 19.2 Å². The zero-order chi connectivity index (χ0) is 32.0. The van der Waals surface area contributed by atoms with Gasteiger partial charge in [0.15, 0.2) is 5.78 Å². The van der Waals surface area contributed by atoms with Crippen molar-refractivity contribution in [1.82, 2.24) is 10.6 Å². The lowest BCUT2D eigenvalue weighted by Crippen LogP contribution is -2.35. The van der Waals surface area contributed by atoms with Crippen LogP contribution in [-0.2, 0) is 33.3 Å². The fourth-order valence-electron chi connectivity index (χ4n) is 5.05. The molecule has 0 aromatic heterocycles. The van der Waals surface area contributed by atoms with E-state index < -0.39 is 23.6 Å². The summed E-state index contributed by atoms with van der Waals surface area (Å²) in [7, 11) is 0. The Morgan fingerprint density at radius 1 is 0.818 bits per heavy atom. The second-order valence-electron chi connectivity index (χ2n) is 11.9. The summed E-state index contributed by atoms with van der Waals surface area (Å²) in [5, 5.41) is 5.57. The zero-order valence-electron chi connectivity index (χ0n) is 26.3. The number of ether oxygens (including phenoxy) is 4. The maximum absolute atomic E-state index is 13.1. The van der Waals surface area contributed by atoms with Gasteiger partial charge in [-0.1, -0.05) is 55.0 Å². The van der Waals surface area contributed by atoms with Gasteiger partial charge in [0.1, 0.15) is 18.8 Å². The highest BCUT2D eigenvalue weighted by molar-refractivity contribution is 5.84. The third-order valence-electron chi connectivity index (χ3n) is 7.03. The lowest BCUT2D eigenvalue weighted by atomic mass is 9.96. The average molecular weight is 611 g/mol.